The minimum absolute atomic E-state index is 0.0490. The van der Waals surface area contributed by atoms with Crippen LogP contribution in [0.5, 0.6) is 0 Å². The van der Waals surface area contributed by atoms with Crippen molar-refractivity contribution in [1.82, 2.24) is 24.4 Å². The first kappa shape index (κ1) is 17.6. The smallest absolute Gasteiger partial charge is 0.255 e. The Morgan fingerprint density at radius 1 is 1.30 bits per heavy atom. The number of hydrogen-bond acceptors (Lipinski definition) is 5. The molecular formula is C20H23N5O2. The van der Waals surface area contributed by atoms with Gasteiger partial charge in [-0.2, -0.15) is 0 Å². The topological polar surface area (TPSA) is 73.1 Å². The number of morpholine rings is 1. The molecular weight excluding hydrogens is 342 g/mol. The molecule has 7 heteroatoms. The lowest BCUT2D eigenvalue weighted by Crippen LogP contribution is -2.42. The van der Waals surface area contributed by atoms with Gasteiger partial charge in [-0.15, -0.1) is 0 Å². The number of fused-ring (bicyclic) bond motifs is 1. The van der Waals surface area contributed by atoms with Gasteiger partial charge in [0.2, 0.25) is 0 Å². The first-order chi connectivity index (χ1) is 13.1. The van der Waals surface area contributed by atoms with E-state index in [1.165, 1.54) is 0 Å². The van der Waals surface area contributed by atoms with Gasteiger partial charge in [-0.25, -0.2) is 9.97 Å². The van der Waals surface area contributed by atoms with Crippen molar-refractivity contribution in [1.29, 1.82) is 0 Å². The standard InChI is InChI=1S/C20H23N5O2/c1-14(2)11-25-13-23-17-9-15(10-22-19(17)25)20(26)24-7-8-27-18(12-24)16-5-3-4-6-21-16/h3-6,9-10,13-14,18H,7-8,11-12H2,1-2H3. The largest absolute Gasteiger partial charge is 0.368 e. The molecule has 4 rings (SSSR count). The number of carbonyl (C=O) groups is 1. The predicted molar refractivity (Wildman–Crippen MR) is 101 cm³/mol. The molecule has 1 atom stereocenters. The summed E-state index contributed by atoms with van der Waals surface area (Å²) < 4.78 is 7.83. The molecule has 27 heavy (non-hydrogen) atoms. The van der Waals surface area contributed by atoms with Crippen LogP contribution in [0.25, 0.3) is 11.2 Å². The van der Waals surface area contributed by atoms with Crippen molar-refractivity contribution in [2.24, 2.45) is 5.92 Å². The van der Waals surface area contributed by atoms with E-state index in [2.05, 4.69) is 28.8 Å². The van der Waals surface area contributed by atoms with Crippen LogP contribution in [0.3, 0.4) is 0 Å². The van der Waals surface area contributed by atoms with Crippen molar-refractivity contribution in [3.8, 4) is 0 Å². The Hall–Kier alpha value is -2.80. The van der Waals surface area contributed by atoms with Crippen LogP contribution in [0.15, 0.2) is 43.0 Å². The summed E-state index contributed by atoms with van der Waals surface area (Å²) in [5.41, 5.74) is 2.96. The van der Waals surface area contributed by atoms with Crippen LogP contribution < -0.4 is 0 Å². The van der Waals surface area contributed by atoms with Crippen LogP contribution in [0.2, 0.25) is 0 Å². The highest BCUT2D eigenvalue weighted by Gasteiger charge is 2.27. The zero-order valence-electron chi connectivity index (χ0n) is 15.6. The first-order valence-corrected chi connectivity index (χ1v) is 9.24. The van der Waals surface area contributed by atoms with Gasteiger partial charge >= 0.3 is 0 Å². The highest BCUT2D eigenvalue weighted by molar-refractivity contribution is 5.96. The van der Waals surface area contributed by atoms with Crippen LogP contribution in [0, 0.1) is 5.92 Å². The third-order valence-corrected chi connectivity index (χ3v) is 4.64. The van der Waals surface area contributed by atoms with Gasteiger partial charge in [0.25, 0.3) is 5.91 Å². The van der Waals surface area contributed by atoms with Gasteiger partial charge < -0.3 is 14.2 Å². The van der Waals surface area contributed by atoms with E-state index in [0.29, 0.717) is 31.2 Å². The summed E-state index contributed by atoms with van der Waals surface area (Å²) in [7, 11) is 0. The third kappa shape index (κ3) is 3.68. The Morgan fingerprint density at radius 3 is 2.96 bits per heavy atom. The number of imidazole rings is 1. The van der Waals surface area contributed by atoms with E-state index in [4.69, 9.17) is 4.74 Å². The Bertz CT molecular complexity index is 938. The van der Waals surface area contributed by atoms with Crippen molar-refractivity contribution < 1.29 is 9.53 Å². The van der Waals surface area contributed by atoms with E-state index in [9.17, 15) is 4.79 Å². The summed E-state index contributed by atoms with van der Waals surface area (Å²) >= 11 is 0. The minimum atomic E-state index is -0.203. The Labute approximate surface area is 158 Å². The van der Waals surface area contributed by atoms with E-state index < -0.39 is 0 Å². The molecule has 4 heterocycles. The second-order valence-corrected chi connectivity index (χ2v) is 7.22. The monoisotopic (exact) mass is 365 g/mol. The second kappa shape index (κ2) is 7.44. The van der Waals surface area contributed by atoms with Crippen LogP contribution in [0.1, 0.15) is 36.0 Å². The maximum Gasteiger partial charge on any atom is 0.255 e. The highest BCUT2D eigenvalue weighted by atomic mass is 16.5. The molecule has 3 aromatic heterocycles. The number of carbonyl (C=O) groups excluding carboxylic acids is 1. The average molecular weight is 365 g/mol. The SMILES string of the molecule is CC(C)Cn1cnc2cc(C(=O)N3CCOC(c4ccccn4)C3)cnc21. The number of hydrogen-bond donors (Lipinski definition) is 0. The van der Waals surface area contributed by atoms with Crippen molar-refractivity contribution in [3.05, 3.63) is 54.2 Å². The fraction of sp³-hybridized carbons (Fsp3) is 0.400. The minimum Gasteiger partial charge on any atom is -0.368 e. The maximum atomic E-state index is 13.0. The fourth-order valence-corrected chi connectivity index (χ4v) is 3.35. The number of nitrogens with zero attached hydrogens (tertiary/aromatic N) is 5. The number of ether oxygens (including phenoxy) is 1. The molecule has 0 N–H and O–H groups in total. The van der Waals surface area contributed by atoms with Gasteiger partial charge in [-0.3, -0.25) is 9.78 Å². The maximum absolute atomic E-state index is 13.0. The molecule has 0 aliphatic carbocycles. The molecule has 0 bridgehead atoms. The van der Waals surface area contributed by atoms with Gasteiger partial charge in [0.05, 0.1) is 30.7 Å². The van der Waals surface area contributed by atoms with Crippen LogP contribution in [-0.2, 0) is 11.3 Å². The lowest BCUT2D eigenvalue weighted by atomic mass is 10.1. The zero-order valence-corrected chi connectivity index (χ0v) is 15.6. The number of pyridine rings is 2. The number of amides is 1. The zero-order chi connectivity index (χ0) is 18.8. The summed E-state index contributed by atoms with van der Waals surface area (Å²) in [4.78, 5) is 28.0. The van der Waals surface area contributed by atoms with E-state index in [1.54, 1.807) is 23.6 Å². The summed E-state index contributed by atoms with van der Waals surface area (Å²) in [6, 6.07) is 7.55. The van der Waals surface area contributed by atoms with Crippen molar-refractivity contribution in [2.45, 2.75) is 26.5 Å². The summed E-state index contributed by atoms with van der Waals surface area (Å²) in [5.74, 6) is 0.453. The Kier molecular flexibility index (Phi) is 4.85. The van der Waals surface area contributed by atoms with E-state index in [0.717, 1.165) is 23.4 Å². The van der Waals surface area contributed by atoms with Crippen molar-refractivity contribution in [2.75, 3.05) is 19.7 Å². The van der Waals surface area contributed by atoms with Crippen molar-refractivity contribution in [3.63, 3.8) is 0 Å². The van der Waals surface area contributed by atoms with Gasteiger partial charge in [0.15, 0.2) is 5.65 Å². The lowest BCUT2D eigenvalue weighted by molar-refractivity contribution is -0.0247. The molecule has 140 valence electrons. The molecule has 0 spiro atoms. The quantitative estimate of drug-likeness (QED) is 0.711. The van der Waals surface area contributed by atoms with E-state index in [1.807, 2.05) is 28.8 Å². The van der Waals surface area contributed by atoms with E-state index in [-0.39, 0.29) is 12.0 Å². The molecule has 1 saturated heterocycles. The molecule has 1 aliphatic rings. The fourth-order valence-electron chi connectivity index (χ4n) is 3.35. The van der Waals surface area contributed by atoms with Gasteiger partial charge in [-0.1, -0.05) is 19.9 Å². The molecule has 0 aromatic carbocycles. The van der Waals surface area contributed by atoms with Crippen LogP contribution in [0.4, 0.5) is 0 Å². The highest BCUT2D eigenvalue weighted by Crippen LogP contribution is 2.22. The predicted octanol–water partition coefficient (Wildman–Crippen LogP) is 2.70. The van der Waals surface area contributed by atoms with Crippen LogP contribution >= 0.6 is 0 Å². The normalized spacial score (nSPS) is 17.6. The first-order valence-electron chi connectivity index (χ1n) is 9.24. The summed E-state index contributed by atoms with van der Waals surface area (Å²) in [5, 5.41) is 0. The lowest BCUT2D eigenvalue weighted by Gasteiger charge is -2.32. The van der Waals surface area contributed by atoms with E-state index >= 15 is 0 Å². The molecule has 1 unspecified atom stereocenters. The van der Waals surface area contributed by atoms with Crippen LogP contribution in [-0.4, -0.2) is 50.0 Å². The molecule has 0 radical (unpaired) electrons. The molecule has 7 nitrogen and oxygen atoms in total. The van der Waals surface area contributed by atoms with Crippen molar-refractivity contribution >= 4 is 17.1 Å². The number of rotatable bonds is 4. The molecule has 3 aromatic rings. The molecule has 1 fully saturated rings. The molecule has 1 amide bonds. The Balaban J connectivity index is 1.53. The Morgan fingerprint density at radius 2 is 2.19 bits per heavy atom. The van der Waals surface area contributed by atoms with Gasteiger partial charge in [0.1, 0.15) is 11.6 Å². The third-order valence-electron chi connectivity index (χ3n) is 4.64. The molecule has 0 saturated carbocycles. The van der Waals surface area contributed by atoms with Gasteiger partial charge in [0, 0.05) is 25.5 Å². The average Bonchev–Trinajstić information content (AvgIpc) is 3.09. The van der Waals surface area contributed by atoms with Gasteiger partial charge in [-0.05, 0) is 24.1 Å². The number of aromatic nitrogens is 4. The molecule has 1 aliphatic heterocycles. The summed E-state index contributed by atoms with van der Waals surface area (Å²) in [6.45, 7) is 6.69. The summed E-state index contributed by atoms with van der Waals surface area (Å²) in [6.07, 6.45) is 4.97. The second-order valence-electron chi connectivity index (χ2n) is 7.22.